The van der Waals surface area contributed by atoms with Crippen LogP contribution in [-0.4, -0.2) is 24.0 Å². The number of esters is 1. The van der Waals surface area contributed by atoms with E-state index in [1.54, 1.807) is 13.8 Å². The van der Waals surface area contributed by atoms with Crippen LogP contribution in [0.5, 0.6) is 0 Å². The first kappa shape index (κ1) is 21.2. The molecule has 4 aliphatic carbocycles. The molecule has 0 bridgehead atoms. The predicted octanol–water partition coefficient (Wildman–Crippen LogP) is 5.10. The van der Waals surface area contributed by atoms with Crippen molar-refractivity contribution in [1.82, 2.24) is 5.32 Å². The molecule has 0 aliphatic heterocycles. The van der Waals surface area contributed by atoms with Gasteiger partial charge in [-0.25, -0.2) is 0 Å². The molecular formula is C25H41NO3. The van der Waals surface area contributed by atoms with Crippen LogP contribution < -0.4 is 5.32 Å². The SMILES string of the molecule is CC(=O)NC(C)C1CCC2C3CCC4CC(OC(C)=O)CCC4(C)C3CCC12C. The normalized spacial score (nSPS) is 47.3. The molecule has 4 aliphatic rings. The Kier molecular flexibility index (Phi) is 5.53. The third-order valence-corrected chi connectivity index (χ3v) is 10.1. The fourth-order valence-electron chi connectivity index (χ4n) is 8.84. The van der Waals surface area contributed by atoms with E-state index in [-0.39, 0.29) is 24.0 Å². The predicted molar refractivity (Wildman–Crippen MR) is 114 cm³/mol. The first-order valence-corrected chi connectivity index (χ1v) is 12.1. The quantitative estimate of drug-likeness (QED) is 0.667. The number of amides is 1. The van der Waals surface area contributed by atoms with Crippen molar-refractivity contribution in [3.8, 4) is 0 Å². The van der Waals surface area contributed by atoms with Crippen molar-refractivity contribution < 1.29 is 14.3 Å². The molecule has 0 aromatic rings. The summed E-state index contributed by atoms with van der Waals surface area (Å²) in [5, 5.41) is 3.21. The van der Waals surface area contributed by atoms with Crippen LogP contribution in [0.15, 0.2) is 0 Å². The Bertz CT molecular complexity index is 662. The second-order valence-electron chi connectivity index (χ2n) is 11.4. The van der Waals surface area contributed by atoms with Crippen LogP contribution in [0.3, 0.4) is 0 Å². The average molecular weight is 404 g/mol. The van der Waals surface area contributed by atoms with Crippen molar-refractivity contribution in [3.63, 3.8) is 0 Å². The fraction of sp³-hybridized carbons (Fsp3) is 0.920. The molecule has 0 heterocycles. The van der Waals surface area contributed by atoms with E-state index in [0.29, 0.717) is 22.7 Å². The van der Waals surface area contributed by atoms with E-state index in [1.807, 2.05) is 0 Å². The van der Waals surface area contributed by atoms with Crippen LogP contribution in [0.4, 0.5) is 0 Å². The van der Waals surface area contributed by atoms with E-state index in [2.05, 4.69) is 26.1 Å². The number of rotatable bonds is 3. The molecule has 9 atom stereocenters. The largest absolute Gasteiger partial charge is 0.463 e. The summed E-state index contributed by atoms with van der Waals surface area (Å²) in [6.45, 7) is 10.5. The summed E-state index contributed by atoms with van der Waals surface area (Å²) in [4.78, 5) is 23.1. The van der Waals surface area contributed by atoms with Gasteiger partial charge in [-0.05, 0) is 105 Å². The first-order valence-electron chi connectivity index (χ1n) is 12.1. The van der Waals surface area contributed by atoms with Crippen molar-refractivity contribution >= 4 is 11.9 Å². The van der Waals surface area contributed by atoms with Gasteiger partial charge in [-0.2, -0.15) is 0 Å². The van der Waals surface area contributed by atoms with Crippen LogP contribution in [-0.2, 0) is 14.3 Å². The number of carbonyl (C=O) groups excluding carboxylic acids is 2. The smallest absolute Gasteiger partial charge is 0.302 e. The van der Waals surface area contributed by atoms with Gasteiger partial charge in [0.05, 0.1) is 0 Å². The van der Waals surface area contributed by atoms with Gasteiger partial charge in [0, 0.05) is 19.9 Å². The Labute approximate surface area is 176 Å². The summed E-state index contributed by atoms with van der Waals surface area (Å²) in [5.41, 5.74) is 0.795. The van der Waals surface area contributed by atoms with Gasteiger partial charge in [0.1, 0.15) is 6.10 Å². The lowest BCUT2D eigenvalue weighted by Crippen LogP contribution is -2.55. The van der Waals surface area contributed by atoms with Crippen molar-refractivity contribution in [2.45, 2.75) is 105 Å². The average Bonchev–Trinajstić information content (AvgIpc) is 2.98. The zero-order valence-corrected chi connectivity index (χ0v) is 19.1. The molecule has 9 unspecified atom stereocenters. The maximum atomic E-state index is 11.7. The minimum Gasteiger partial charge on any atom is -0.463 e. The van der Waals surface area contributed by atoms with Crippen LogP contribution in [0.1, 0.15) is 92.4 Å². The molecule has 0 aromatic carbocycles. The summed E-state index contributed by atoms with van der Waals surface area (Å²) in [5.74, 6) is 3.79. The summed E-state index contributed by atoms with van der Waals surface area (Å²) >= 11 is 0. The molecule has 4 nitrogen and oxygen atoms in total. The number of hydrogen-bond acceptors (Lipinski definition) is 3. The second kappa shape index (κ2) is 7.57. The lowest BCUT2D eigenvalue weighted by Gasteiger charge is -2.61. The fourth-order valence-corrected chi connectivity index (χ4v) is 8.84. The van der Waals surface area contributed by atoms with Gasteiger partial charge in [-0.3, -0.25) is 9.59 Å². The van der Waals surface area contributed by atoms with E-state index in [4.69, 9.17) is 4.74 Å². The molecule has 4 fully saturated rings. The highest BCUT2D eigenvalue weighted by Gasteiger charge is 2.60. The maximum absolute atomic E-state index is 11.7. The van der Waals surface area contributed by atoms with Gasteiger partial charge in [-0.1, -0.05) is 13.8 Å². The van der Waals surface area contributed by atoms with Crippen LogP contribution in [0, 0.1) is 40.4 Å². The molecule has 0 aromatic heterocycles. The molecule has 0 spiro atoms. The minimum absolute atomic E-state index is 0.107. The molecule has 1 amide bonds. The van der Waals surface area contributed by atoms with Crippen LogP contribution in [0.25, 0.3) is 0 Å². The van der Waals surface area contributed by atoms with E-state index in [1.165, 1.54) is 44.9 Å². The molecule has 4 saturated carbocycles. The van der Waals surface area contributed by atoms with Gasteiger partial charge in [0.15, 0.2) is 0 Å². The molecule has 0 saturated heterocycles. The van der Waals surface area contributed by atoms with Gasteiger partial charge >= 0.3 is 5.97 Å². The standard InChI is InChI=1S/C25H41NO3/c1-15(26-16(2)27)21-8-9-22-20-7-6-18-14-19(29-17(3)28)10-12-24(18,4)23(20)11-13-25(21,22)5/h15,18-23H,6-14H2,1-5H3,(H,26,27). The summed E-state index contributed by atoms with van der Waals surface area (Å²) in [6.07, 6.45) is 11.4. The maximum Gasteiger partial charge on any atom is 0.302 e. The molecule has 1 N–H and O–H groups in total. The Morgan fingerprint density at radius 1 is 0.931 bits per heavy atom. The van der Waals surface area contributed by atoms with Gasteiger partial charge in [-0.15, -0.1) is 0 Å². The molecule has 29 heavy (non-hydrogen) atoms. The lowest BCUT2D eigenvalue weighted by atomic mass is 9.44. The van der Waals surface area contributed by atoms with E-state index < -0.39 is 0 Å². The highest BCUT2D eigenvalue weighted by atomic mass is 16.5. The van der Waals surface area contributed by atoms with Gasteiger partial charge in [0.2, 0.25) is 5.91 Å². The molecule has 164 valence electrons. The summed E-state index contributed by atoms with van der Waals surface area (Å²) in [7, 11) is 0. The molecule has 0 radical (unpaired) electrons. The van der Waals surface area contributed by atoms with Crippen molar-refractivity contribution in [3.05, 3.63) is 0 Å². The number of ether oxygens (including phenoxy) is 1. The number of carbonyl (C=O) groups is 2. The first-order chi connectivity index (χ1) is 13.6. The van der Waals surface area contributed by atoms with E-state index in [0.717, 1.165) is 30.6 Å². The molecular weight excluding hydrogens is 362 g/mol. The Morgan fingerprint density at radius 3 is 2.31 bits per heavy atom. The second-order valence-corrected chi connectivity index (χ2v) is 11.4. The highest BCUT2D eigenvalue weighted by Crippen LogP contribution is 2.67. The van der Waals surface area contributed by atoms with Crippen molar-refractivity contribution in [2.24, 2.45) is 40.4 Å². The topological polar surface area (TPSA) is 55.4 Å². The zero-order valence-electron chi connectivity index (χ0n) is 19.1. The Balaban J connectivity index is 1.50. The molecule has 4 heteroatoms. The minimum atomic E-state index is -0.119. The third-order valence-electron chi connectivity index (χ3n) is 10.1. The number of hydrogen-bond donors (Lipinski definition) is 1. The third kappa shape index (κ3) is 3.53. The Morgan fingerprint density at radius 2 is 1.62 bits per heavy atom. The van der Waals surface area contributed by atoms with E-state index >= 15 is 0 Å². The van der Waals surface area contributed by atoms with Crippen LogP contribution >= 0.6 is 0 Å². The number of nitrogens with one attached hydrogen (secondary N) is 1. The zero-order chi connectivity index (χ0) is 21.0. The monoisotopic (exact) mass is 403 g/mol. The van der Waals surface area contributed by atoms with Gasteiger partial charge < -0.3 is 10.1 Å². The van der Waals surface area contributed by atoms with Crippen molar-refractivity contribution in [1.29, 1.82) is 0 Å². The summed E-state index contributed by atoms with van der Waals surface area (Å²) < 4.78 is 5.61. The number of fused-ring (bicyclic) bond motifs is 5. The van der Waals surface area contributed by atoms with E-state index in [9.17, 15) is 9.59 Å². The van der Waals surface area contributed by atoms with Crippen LogP contribution in [0.2, 0.25) is 0 Å². The Hall–Kier alpha value is -1.06. The lowest BCUT2D eigenvalue weighted by molar-refractivity contribution is -0.160. The molecule has 4 rings (SSSR count). The van der Waals surface area contributed by atoms with Gasteiger partial charge in [0.25, 0.3) is 0 Å². The highest BCUT2D eigenvalue weighted by molar-refractivity contribution is 5.73. The summed E-state index contributed by atoms with van der Waals surface area (Å²) in [6, 6.07) is 0.283. The van der Waals surface area contributed by atoms with Crippen molar-refractivity contribution in [2.75, 3.05) is 0 Å².